The molecular weight excluding hydrogens is 398 g/mol. The number of carbonyl (C=O) groups excluding carboxylic acids is 2. The van der Waals surface area contributed by atoms with E-state index in [1.54, 1.807) is 27.7 Å². The lowest BCUT2D eigenvalue weighted by Gasteiger charge is -2.19. The predicted molar refractivity (Wildman–Crippen MR) is 108 cm³/mol. The molecule has 2 aromatic rings. The maximum atomic E-state index is 12.7. The number of carbonyl (C=O) groups is 2. The number of phenols is 1. The van der Waals surface area contributed by atoms with E-state index in [1.165, 1.54) is 29.6 Å². The summed E-state index contributed by atoms with van der Waals surface area (Å²) in [6.45, 7) is 7.24. The number of esters is 1. The van der Waals surface area contributed by atoms with Gasteiger partial charge in [0.2, 0.25) is 10.0 Å². The number of methoxy groups -OCH3 is 1. The number of amides is 1. The van der Waals surface area contributed by atoms with Crippen molar-refractivity contribution < 1.29 is 27.9 Å². The minimum Gasteiger partial charge on any atom is -0.506 e. The van der Waals surface area contributed by atoms with Gasteiger partial charge >= 0.3 is 5.97 Å². The highest BCUT2D eigenvalue weighted by atomic mass is 32.2. The van der Waals surface area contributed by atoms with Crippen molar-refractivity contribution >= 4 is 27.6 Å². The molecule has 0 fully saturated rings. The molecule has 0 saturated heterocycles. The number of nitrogens with zero attached hydrogens (tertiary/aromatic N) is 1. The van der Waals surface area contributed by atoms with Gasteiger partial charge in [-0.15, -0.1) is 0 Å². The molecular formula is C19H25N3O6S. The fourth-order valence-corrected chi connectivity index (χ4v) is 4.54. The molecule has 0 aliphatic rings. The van der Waals surface area contributed by atoms with Crippen molar-refractivity contribution in [3.8, 4) is 5.75 Å². The number of hydrogen-bond donors (Lipinski definition) is 3. The molecule has 0 spiro atoms. The average Bonchev–Trinajstić information content (AvgIpc) is 2.97. The number of aromatic amines is 1. The van der Waals surface area contributed by atoms with Crippen LogP contribution in [-0.4, -0.2) is 54.9 Å². The van der Waals surface area contributed by atoms with Gasteiger partial charge in [-0.05, 0) is 37.6 Å². The highest BCUT2D eigenvalue weighted by Crippen LogP contribution is 2.29. The molecule has 0 aliphatic heterocycles. The number of benzene rings is 1. The number of hydrogen-bond acceptors (Lipinski definition) is 6. The lowest BCUT2D eigenvalue weighted by molar-refractivity contribution is 0.0599. The van der Waals surface area contributed by atoms with Crippen LogP contribution in [0.2, 0.25) is 0 Å². The van der Waals surface area contributed by atoms with Crippen molar-refractivity contribution in [3.63, 3.8) is 0 Å². The van der Waals surface area contributed by atoms with E-state index in [-0.39, 0.29) is 27.6 Å². The predicted octanol–water partition coefficient (Wildman–Crippen LogP) is 2.41. The molecule has 10 heteroatoms. The van der Waals surface area contributed by atoms with Crippen LogP contribution in [0, 0.1) is 13.8 Å². The highest BCUT2D eigenvalue weighted by Gasteiger charge is 2.25. The molecule has 3 N–H and O–H groups in total. The van der Waals surface area contributed by atoms with Crippen LogP contribution in [0.5, 0.6) is 5.75 Å². The number of phenolic OH excluding ortho intramolecular Hbond substituents is 1. The molecule has 0 radical (unpaired) electrons. The van der Waals surface area contributed by atoms with Crippen molar-refractivity contribution in [2.24, 2.45) is 0 Å². The fourth-order valence-electron chi connectivity index (χ4n) is 3.06. The SMILES string of the molecule is CCN(CC)S(=O)(=O)c1ccc(O)c(NC(=O)c2[nH]c(C)c(C(=O)OC)c2C)c1. The Labute approximate surface area is 169 Å². The summed E-state index contributed by atoms with van der Waals surface area (Å²) in [7, 11) is -2.52. The lowest BCUT2D eigenvalue weighted by atomic mass is 10.1. The zero-order chi connectivity index (χ0) is 21.9. The third-order valence-corrected chi connectivity index (χ3v) is 6.66. The molecule has 1 amide bonds. The van der Waals surface area contributed by atoms with Crippen molar-refractivity contribution in [3.05, 3.63) is 40.7 Å². The van der Waals surface area contributed by atoms with E-state index >= 15 is 0 Å². The lowest BCUT2D eigenvalue weighted by Crippen LogP contribution is -2.30. The van der Waals surface area contributed by atoms with Gasteiger partial charge in [-0.3, -0.25) is 4.79 Å². The monoisotopic (exact) mass is 423 g/mol. The molecule has 1 aromatic carbocycles. The molecule has 0 atom stereocenters. The third-order valence-electron chi connectivity index (χ3n) is 4.61. The summed E-state index contributed by atoms with van der Waals surface area (Å²) in [6, 6.07) is 3.68. The third kappa shape index (κ3) is 4.28. The molecule has 0 aliphatic carbocycles. The Morgan fingerprint density at radius 3 is 2.38 bits per heavy atom. The number of nitrogens with one attached hydrogen (secondary N) is 2. The minimum absolute atomic E-state index is 0.0519. The van der Waals surface area contributed by atoms with Gasteiger partial charge < -0.3 is 20.1 Å². The zero-order valence-corrected chi connectivity index (χ0v) is 17.8. The van der Waals surface area contributed by atoms with Crippen LogP contribution in [0.25, 0.3) is 0 Å². The summed E-state index contributed by atoms with van der Waals surface area (Å²) >= 11 is 0. The molecule has 0 unspecified atom stereocenters. The number of sulfonamides is 1. The molecule has 1 heterocycles. The number of ether oxygens (including phenoxy) is 1. The Morgan fingerprint density at radius 2 is 1.83 bits per heavy atom. The summed E-state index contributed by atoms with van der Waals surface area (Å²) in [6.07, 6.45) is 0. The molecule has 2 rings (SSSR count). The maximum absolute atomic E-state index is 12.7. The van der Waals surface area contributed by atoms with Crippen molar-refractivity contribution in [2.45, 2.75) is 32.6 Å². The van der Waals surface area contributed by atoms with Gasteiger partial charge in [0.15, 0.2) is 0 Å². The van der Waals surface area contributed by atoms with E-state index in [1.807, 2.05) is 0 Å². The van der Waals surface area contributed by atoms with Crippen LogP contribution in [0.1, 0.15) is 46.0 Å². The van der Waals surface area contributed by atoms with Crippen LogP contribution >= 0.6 is 0 Å². The second kappa shape index (κ2) is 8.66. The number of rotatable bonds is 7. The van der Waals surface area contributed by atoms with Gasteiger partial charge in [0.1, 0.15) is 11.4 Å². The van der Waals surface area contributed by atoms with E-state index in [4.69, 9.17) is 4.74 Å². The molecule has 0 bridgehead atoms. The summed E-state index contributed by atoms with van der Waals surface area (Å²) in [5, 5.41) is 12.6. The maximum Gasteiger partial charge on any atom is 0.339 e. The topological polar surface area (TPSA) is 129 Å². The molecule has 158 valence electrons. The normalized spacial score (nSPS) is 11.5. The standard InChI is InChI=1S/C19H25N3O6S/c1-6-22(7-2)29(26,27)13-8-9-15(23)14(10-13)21-18(24)17-11(3)16(12(4)20-17)19(25)28-5/h8-10,20,23H,6-7H2,1-5H3,(H,21,24). The molecule has 29 heavy (non-hydrogen) atoms. The van der Waals surface area contributed by atoms with Gasteiger partial charge in [0.05, 0.1) is 23.3 Å². The first-order chi connectivity index (χ1) is 13.6. The Bertz CT molecular complexity index is 1040. The second-order valence-electron chi connectivity index (χ2n) is 6.34. The number of aryl methyl sites for hydroxylation is 1. The van der Waals surface area contributed by atoms with E-state index in [0.29, 0.717) is 24.3 Å². The summed E-state index contributed by atoms with van der Waals surface area (Å²) in [5.74, 6) is -1.50. The number of anilines is 1. The van der Waals surface area contributed by atoms with Crippen molar-refractivity contribution in [1.29, 1.82) is 0 Å². The fraction of sp³-hybridized carbons (Fsp3) is 0.368. The van der Waals surface area contributed by atoms with Crippen LogP contribution in [0.3, 0.4) is 0 Å². The van der Waals surface area contributed by atoms with E-state index in [0.717, 1.165) is 0 Å². The van der Waals surface area contributed by atoms with Crippen LogP contribution in [0.4, 0.5) is 5.69 Å². The summed E-state index contributed by atoms with van der Waals surface area (Å²) < 4.78 is 31.4. The quantitative estimate of drug-likeness (QED) is 0.463. The summed E-state index contributed by atoms with van der Waals surface area (Å²) in [4.78, 5) is 27.4. The Balaban J connectivity index is 2.41. The average molecular weight is 423 g/mol. The first-order valence-electron chi connectivity index (χ1n) is 9.00. The second-order valence-corrected chi connectivity index (χ2v) is 8.28. The van der Waals surface area contributed by atoms with Gasteiger partial charge in [0, 0.05) is 18.8 Å². The van der Waals surface area contributed by atoms with Gasteiger partial charge in [-0.25, -0.2) is 13.2 Å². The number of H-pyrrole nitrogens is 1. The molecule has 9 nitrogen and oxygen atoms in total. The minimum atomic E-state index is -3.76. The Kier molecular flexibility index (Phi) is 6.70. The van der Waals surface area contributed by atoms with E-state index in [9.17, 15) is 23.1 Å². The number of aromatic nitrogens is 1. The van der Waals surface area contributed by atoms with Gasteiger partial charge in [-0.1, -0.05) is 13.8 Å². The van der Waals surface area contributed by atoms with E-state index in [2.05, 4.69) is 10.3 Å². The van der Waals surface area contributed by atoms with Crippen molar-refractivity contribution in [1.82, 2.24) is 9.29 Å². The smallest absolute Gasteiger partial charge is 0.339 e. The Hall–Kier alpha value is -2.85. The van der Waals surface area contributed by atoms with Gasteiger partial charge in [-0.2, -0.15) is 4.31 Å². The van der Waals surface area contributed by atoms with Crippen molar-refractivity contribution in [2.75, 3.05) is 25.5 Å². The Morgan fingerprint density at radius 1 is 1.21 bits per heavy atom. The first-order valence-corrected chi connectivity index (χ1v) is 10.4. The van der Waals surface area contributed by atoms with Crippen LogP contribution in [-0.2, 0) is 14.8 Å². The largest absolute Gasteiger partial charge is 0.506 e. The molecule has 0 saturated carbocycles. The van der Waals surface area contributed by atoms with E-state index < -0.39 is 21.9 Å². The first kappa shape index (κ1) is 22.4. The summed E-state index contributed by atoms with van der Waals surface area (Å²) in [5.41, 5.74) is 1.15. The number of aromatic hydroxyl groups is 1. The van der Waals surface area contributed by atoms with Crippen LogP contribution < -0.4 is 5.32 Å². The van der Waals surface area contributed by atoms with Gasteiger partial charge in [0.25, 0.3) is 5.91 Å². The highest BCUT2D eigenvalue weighted by molar-refractivity contribution is 7.89. The molecule has 1 aromatic heterocycles. The zero-order valence-electron chi connectivity index (χ0n) is 17.0. The van der Waals surface area contributed by atoms with Crippen LogP contribution in [0.15, 0.2) is 23.1 Å².